The molecule has 7 nitrogen and oxygen atoms in total. The van der Waals surface area contributed by atoms with Gasteiger partial charge in [0, 0.05) is 0 Å². The molecule has 0 bridgehead atoms. The third-order valence-electron chi connectivity index (χ3n) is 2.49. The second-order valence-electron chi connectivity index (χ2n) is 3.93. The number of benzene rings is 1. The molecule has 98 valence electrons. The largest absolute Gasteiger partial charge is 0.508 e. The maximum Gasteiger partial charge on any atom is 0.363 e. The molecule has 2 rings (SSSR count). The third kappa shape index (κ3) is 3.15. The van der Waals surface area contributed by atoms with E-state index in [0.717, 1.165) is 5.56 Å². The number of phenols is 1. The first-order chi connectivity index (χ1) is 9.06. The molecule has 1 aromatic heterocycles. The van der Waals surface area contributed by atoms with E-state index in [0.29, 0.717) is 17.2 Å². The van der Waals surface area contributed by atoms with E-state index in [9.17, 15) is 9.90 Å². The molecule has 0 unspecified atom stereocenters. The summed E-state index contributed by atoms with van der Waals surface area (Å²) in [5, 5.41) is 19.3. The number of hydrazone groups is 1. The number of hydrogen-bond donors (Lipinski definition) is 3. The number of hydrogen-bond acceptors (Lipinski definition) is 6. The van der Waals surface area contributed by atoms with E-state index in [1.807, 2.05) is 0 Å². The molecule has 0 aliphatic heterocycles. The normalized spacial score (nSPS) is 11.4. The van der Waals surface area contributed by atoms with Crippen LogP contribution in [0.5, 0.6) is 5.75 Å². The lowest BCUT2D eigenvalue weighted by atomic mass is 10.1. The van der Waals surface area contributed by atoms with Gasteiger partial charge in [-0.05, 0) is 43.7 Å². The van der Waals surface area contributed by atoms with Gasteiger partial charge in [0.15, 0.2) is 5.82 Å². The highest BCUT2D eigenvalue weighted by molar-refractivity contribution is 5.99. The SMILES string of the molecule is C/C(=N\Nc1nc(=O)[nH]nc1C)c1ccc(O)cc1. The molecule has 1 aromatic carbocycles. The highest BCUT2D eigenvalue weighted by atomic mass is 16.3. The van der Waals surface area contributed by atoms with Crippen LogP contribution in [-0.4, -0.2) is 26.0 Å². The zero-order chi connectivity index (χ0) is 13.8. The fraction of sp³-hybridized carbons (Fsp3) is 0.167. The van der Waals surface area contributed by atoms with Crippen LogP contribution in [-0.2, 0) is 0 Å². The van der Waals surface area contributed by atoms with Crippen molar-refractivity contribution in [3.05, 3.63) is 46.0 Å². The van der Waals surface area contributed by atoms with Gasteiger partial charge in [0.25, 0.3) is 0 Å². The van der Waals surface area contributed by atoms with E-state index in [1.165, 1.54) is 0 Å². The zero-order valence-electron chi connectivity index (χ0n) is 10.5. The minimum atomic E-state index is -0.536. The van der Waals surface area contributed by atoms with Gasteiger partial charge in [-0.15, -0.1) is 0 Å². The number of H-pyrrole nitrogens is 1. The molecule has 2 aromatic rings. The van der Waals surface area contributed by atoms with Crippen LogP contribution >= 0.6 is 0 Å². The van der Waals surface area contributed by atoms with Crippen LogP contribution in [0.4, 0.5) is 5.82 Å². The number of phenolic OH excluding ortho intramolecular Hbond substituents is 1. The molecule has 3 N–H and O–H groups in total. The van der Waals surface area contributed by atoms with Crippen LogP contribution in [0.2, 0.25) is 0 Å². The van der Waals surface area contributed by atoms with Crippen molar-refractivity contribution >= 4 is 11.5 Å². The summed E-state index contributed by atoms with van der Waals surface area (Å²) in [5.41, 5.74) is 4.25. The first kappa shape index (κ1) is 12.7. The molecule has 1 heterocycles. The van der Waals surface area contributed by atoms with Crippen LogP contribution < -0.4 is 11.1 Å². The maximum atomic E-state index is 11.0. The van der Waals surface area contributed by atoms with Gasteiger partial charge in [-0.25, -0.2) is 9.89 Å². The number of rotatable bonds is 3. The van der Waals surface area contributed by atoms with Crippen molar-refractivity contribution < 1.29 is 5.11 Å². The Morgan fingerprint density at radius 2 is 2.05 bits per heavy atom. The fourth-order valence-corrected chi connectivity index (χ4v) is 1.40. The average molecular weight is 259 g/mol. The topological polar surface area (TPSA) is 103 Å². The molecule has 19 heavy (non-hydrogen) atoms. The molecule has 0 radical (unpaired) electrons. The van der Waals surface area contributed by atoms with E-state index >= 15 is 0 Å². The smallest absolute Gasteiger partial charge is 0.363 e. The molecule has 0 fully saturated rings. The van der Waals surface area contributed by atoms with Gasteiger partial charge in [0.1, 0.15) is 11.4 Å². The van der Waals surface area contributed by atoms with Gasteiger partial charge >= 0.3 is 5.69 Å². The Morgan fingerprint density at radius 1 is 1.37 bits per heavy atom. The van der Waals surface area contributed by atoms with Crippen LogP contribution in [0.3, 0.4) is 0 Å². The van der Waals surface area contributed by atoms with Gasteiger partial charge in [-0.1, -0.05) is 0 Å². The summed E-state index contributed by atoms with van der Waals surface area (Å²) in [7, 11) is 0. The van der Waals surface area contributed by atoms with Crippen LogP contribution in [0, 0.1) is 6.92 Å². The predicted molar refractivity (Wildman–Crippen MR) is 71.3 cm³/mol. The van der Waals surface area contributed by atoms with Crippen molar-refractivity contribution in [3.8, 4) is 5.75 Å². The molecule has 0 saturated carbocycles. The summed E-state index contributed by atoms with van der Waals surface area (Å²) in [6.45, 7) is 3.51. The summed E-state index contributed by atoms with van der Waals surface area (Å²) in [5.74, 6) is 0.502. The van der Waals surface area contributed by atoms with Crippen LogP contribution in [0.15, 0.2) is 34.2 Å². The highest BCUT2D eigenvalue weighted by Crippen LogP contribution is 2.11. The van der Waals surface area contributed by atoms with E-state index in [2.05, 4.69) is 25.7 Å². The van der Waals surface area contributed by atoms with Crippen molar-refractivity contribution in [2.24, 2.45) is 5.10 Å². The number of aromatic hydroxyl groups is 1. The van der Waals surface area contributed by atoms with Gasteiger partial charge in [-0.3, -0.25) is 5.43 Å². The highest BCUT2D eigenvalue weighted by Gasteiger charge is 2.02. The van der Waals surface area contributed by atoms with Gasteiger partial charge in [-0.2, -0.15) is 15.2 Å². The fourth-order valence-electron chi connectivity index (χ4n) is 1.40. The van der Waals surface area contributed by atoms with Crippen LogP contribution in [0.1, 0.15) is 18.2 Å². The second-order valence-corrected chi connectivity index (χ2v) is 3.93. The number of nitrogens with one attached hydrogen (secondary N) is 2. The molecule has 0 aliphatic carbocycles. The standard InChI is InChI=1S/C12H13N5O2/c1-7(9-3-5-10(18)6-4-9)14-16-11-8(2)15-17-12(19)13-11/h3-6,18H,1-2H3,(H2,13,16,17,19)/b14-7+. The van der Waals surface area contributed by atoms with Gasteiger partial charge in [0.05, 0.1) is 5.71 Å². The van der Waals surface area contributed by atoms with Crippen molar-refractivity contribution in [1.29, 1.82) is 0 Å². The molecule has 0 saturated heterocycles. The van der Waals surface area contributed by atoms with E-state index in [1.54, 1.807) is 38.1 Å². The zero-order valence-corrected chi connectivity index (χ0v) is 10.5. The Hall–Kier alpha value is -2.70. The van der Waals surface area contributed by atoms with Gasteiger partial charge < -0.3 is 5.11 Å². The number of aromatic nitrogens is 3. The van der Waals surface area contributed by atoms with Crippen molar-refractivity contribution in [1.82, 2.24) is 15.2 Å². The van der Waals surface area contributed by atoms with Crippen molar-refractivity contribution in [2.45, 2.75) is 13.8 Å². The number of anilines is 1. The Balaban J connectivity index is 2.20. The number of aromatic amines is 1. The quantitative estimate of drug-likeness (QED) is 0.564. The molecular formula is C12H13N5O2. The monoisotopic (exact) mass is 259 g/mol. The third-order valence-corrected chi connectivity index (χ3v) is 2.49. The Bertz CT molecular complexity index is 661. The minimum absolute atomic E-state index is 0.195. The van der Waals surface area contributed by atoms with E-state index in [-0.39, 0.29) is 5.75 Å². The first-order valence-electron chi connectivity index (χ1n) is 5.59. The summed E-state index contributed by atoms with van der Waals surface area (Å²) in [4.78, 5) is 14.8. The molecule has 0 amide bonds. The summed E-state index contributed by atoms with van der Waals surface area (Å²) in [6.07, 6.45) is 0. The molecule has 0 atom stereocenters. The van der Waals surface area contributed by atoms with E-state index in [4.69, 9.17) is 0 Å². The summed E-state index contributed by atoms with van der Waals surface area (Å²) >= 11 is 0. The molecule has 0 aliphatic rings. The molecule has 0 spiro atoms. The lowest BCUT2D eigenvalue weighted by Gasteiger charge is -2.04. The summed E-state index contributed by atoms with van der Waals surface area (Å²) in [6, 6.07) is 6.64. The summed E-state index contributed by atoms with van der Waals surface area (Å²) < 4.78 is 0. The lowest BCUT2D eigenvalue weighted by molar-refractivity contribution is 0.475. The first-order valence-corrected chi connectivity index (χ1v) is 5.59. The Morgan fingerprint density at radius 3 is 2.74 bits per heavy atom. The molecular weight excluding hydrogens is 246 g/mol. The average Bonchev–Trinajstić information content (AvgIpc) is 2.40. The second kappa shape index (κ2) is 5.30. The van der Waals surface area contributed by atoms with Crippen molar-refractivity contribution in [2.75, 3.05) is 5.43 Å². The van der Waals surface area contributed by atoms with E-state index < -0.39 is 5.69 Å². The Labute approximate surface area is 109 Å². The van der Waals surface area contributed by atoms with Crippen molar-refractivity contribution in [3.63, 3.8) is 0 Å². The minimum Gasteiger partial charge on any atom is -0.508 e. The van der Waals surface area contributed by atoms with Crippen LogP contribution in [0.25, 0.3) is 0 Å². The Kier molecular flexibility index (Phi) is 3.56. The van der Waals surface area contributed by atoms with Gasteiger partial charge in [0.2, 0.25) is 0 Å². The maximum absolute atomic E-state index is 11.0. The number of aryl methyl sites for hydroxylation is 1. The molecule has 7 heteroatoms. The lowest BCUT2D eigenvalue weighted by Crippen LogP contribution is -2.16. The number of nitrogens with zero attached hydrogens (tertiary/aromatic N) is 3. The predicted octanol–water partition coefficient (Wildman–Crippen LogP) is 1.02.